The summed E-state index contributed by atoms with van der Waals surface area (Å²) in [6.07, 6.45) is 0. The van der Waals surface area contributed by atoms with Crippen LogP contribution >= 0.6 is 0 Å². The van der Waals surface area contributed by atoms with E-state index in [0.29, 0.717) is 0 Å². The third-order valence-electron chi connectivity index (χ3n) is 3.43. The third-order valence-corrected chi connectivity index (χ3v) is 3.43. The van der Waals surface area contributed by atoms with Gasteiger partial charge in [-0.15, -0.1) is 0 Å². The van der Waals surface area contributed by atoms with Crippen LogP contribution in [0.2, 0.25) is 0 Å². The molecule has 18 heavy (non-hydrogen) atoms. The van der Waals surface area contributed by atoms with Gasteiger partial charge in [-0.3, -0.25) is 0 Å². The molecule has 0 unspecified atom stereocenters. The van der Waals surface area contributed by atoms with Gasteiger partial charge in [0, 0.05) is 24.9 Å². The van der Waals surface area contributed by atoms with E-state index in [1.165, 1.54) is 21.5 Å². The summed E-state index contributed by atoms with van der Waals surface area (Å²) in [4.78, 5) is 0. The van der Waals surface area contributed by atoms with Crippen LogP contribution in [0.15, 0.2) is 48.5 Å². The Morgan fingerprint density at radius 2 is 0.889 bits per heavy atom. The highest BCUT2D eigenvalue weighted by Gasteiger charge is 2.11. The summed E-state index contributed by atoms with van der Waals surface area (Å²) < 4.78 is 0. The molecule has 0 radical (unpaired) electrons. The fourth-order valence-electron chi connectivity index (χ4n) is 2.66. The van der Waals surface area contributed by atoms with Crippen molar-refractivity contribution in [3.05, 3.63) is 48.5 Å². The maximum Gasteiger partial charge on any atom is 0.0659 e. The normalized spacial score (nSPS) is 10.8. The number of nitrogens with one attached hydrogen (secondary N) is 2. The van der Waals surface area contributed by atoms with Gasteiger partial charge in [0.15, 0.2) is 0 Å². The maximum absolute atomic E-state index is 3.32. The Bertz CT molecular complexity index is 654. The molecule has 2 N–H and O–H groups in total. The van der Waals surface area contributed by atoms with E-state index < -0.39 is 0 Å². The van der Waals surface area contributed by atoms with Gasteiger partial charge in [-0.1, -0.05) is 48.5 Å². The lowest BCUT2D eigenvalue weighted by Gasteiger charge is -2.16. The molecule has 0 fully saturated rings. The summed E-state index contributed by atoms with van der Waals surface area (Å²) in [5.74, 6) is 0. The molecule has 0 heterocycles. The first-order chi connectivity index (χ1) is 8.86. The standard InChI is InChI=1S/C16H16N2/c1-17-15-13-9-5-3-7-11(13)12-8-4-6-10-14(12)16(15)18-2/h3-10,17-18H,1-2H3. The average molecular weight is 236 g/mol. The molecular weight excluding hydrogens is 220 g/mol. The van der Waals surface area contributed by atoms with Gasteiger partial charge in [-0.05, 0) is 10.8 Å². The second kappa shape index (κ2) is 4.22. The molecule has 2 heteroatoms. The highest BCUT2D eigenvalue weighted by Crippen LogP contribution is 2.39. The summed E-state index contributed by atoms with van der Waals surface area (Å²) in [5, 5.41) is 11.7. The second-order valence-corrected chi connectivity index (χ2v) is 4.34. The van der Waals surface area contributed by atoms with Crippen LogP contribution in [-0.4, -0.2) is 14.1 Å². The maximum atomic E-state index is 3.32. The highest BCUT2D eigenvalue weighted by atomic mass is 14.9. The van der Waals surface area contributed by atoms with Gasteiger partial charge < -0.3 is 10.6 Å². The van der Waals surface area contributed by atoms with Gasteiger partial charge in [0.05, 0.1) is 11.4 Å². The van der Waals surface area contributed by atoms with Crippen molar-refractivity contribution in [2.75, 3.05) is 24.7 Å². The van der Waals surface area contributed by atoms with Crippen molar-refractivity contribution in [1.82, 2.24) is 0 Å². The average Bonchev–Trinajstić information content (AvgIpc) is 2.45. The van der Waals surface area contributed by atoms with Crippen LogP contribution in [-0.2, 0) is 0 Å². The molecule has 0 aromatic heterocycles. The monoisotopic (exact) mass is 236 g/mol. The zero-order valence-electron chi connectivity index (χ0n) is 10.6. The van der Waals surface area contributed by atoms with Gasteiger partial charge in [0.1, 0.15) is 0 Å². The van der Waals surface area contributed by atoms with Gasteiger partial charge >= 0.3 is 0 Å². The quantitative estimate of drug-likeness (QED) is 0.517. The number of fused-ring (bicyclic) bond motifs is 3. The summed E-state index contributed by atoms with van der Waals surface area (Å²) in [5.41, 5.74) is 2.32. The lowest BCUT2D eigenvalue weighted by Crippen LogP contribution is -1.99. The van der Waals surface area contributed by atoms with E-state index >= 15 is 0 Å². The van der Waals surface area contributed by atoms with Crippen molar-refractivity contribution in [3.63, 3.8) is 0 Å². The minimum atomic E-state index is 1.16. The Balaban J connectivity index is 2.61. The van der Waals surface area contributed by atoms with Gasteiger partial charge in [0.25, 0.3) is 0 Å². The van der Waals surface area contributed by atoms with Crippen LogP contribution < -0.4 is 10.6 Å². The largest absolute Gasteiger partial charge is 0.386 e. The zero-order valence-corrected chi connectivity index (χ0v) is 10.6. The van der Waals surface area contributed by atoms with Crippen molar-refractivity contribution >= 4 is 32.9 Å². The van der Waals surface area contributed by atoms with E-state index in [2.05, 4.69) is 59.2 Å². The smallest absolute Gasteiger partial charge is 0.0659 e. The minimum absolute atomic E-state index is 1.16. The number of hydrogen-bond acceptors (Lipinski definition) is 2. The van der Waals surface area contributed by atoms with Gasteiger partial charge in [-0.25, -0.2) is 0 Å². The number of hydrogen-bond donors (Lipinski definition) is 2. The van der Waals surface area contributed by atoms with Crippen LogP contribution in [0.3, 0.4) is 0 Å². The van der Waals surface area contributed by atoms with Crippen LogP contribution in [0.4, 0.5) is 11.4 Å². The first-order valence-corrected chi connectivity index (χ1v) is 6.15. The van der Waals surface area contributed by atoms with Crippen LogP contribution in [0.5, 0.6) is 0 Å². The predicted octanol–water partition coefficient (Wildman–Crippen LogP) is 4.08. The molecule has 0 amide bonds. The number of anilines is 2. The minimum Gasteiger partial charge on any atom is -0.386 e. The summed E-state index contributed by atoms with van der Waals surface area (Å²) in [7, 11) is 3.94. The molecule has 2 nitrogen and oxygen atoms in total. The van der Waals surface area contributed by atoms with E-state index in [9.17, 15) is 0 Å². The second-order valence-electron chi connectivity index (χ2n) is 4.34. The van der Waals surface area contributed by atoms with Crippen molar-refractivity contribution < 1.29 is 0 Å². The van der Waals surface area contributed by atoms with E-state index in [1.807, 2.05) is 14.1 Å². The highest BCUT2D eigenvalue weighted by molar-refractivity contribution is 6.19. The molecule has 0 aliphatic heterocycles. The molecule has 0 atom stereocenters. The summed E-state index contributed by atoms with van der Waals surface area (Å²) in [6, 6.07) is 17.0. The molecule has 0 saturated carbocycles. The third kappa shape index (κ3) is 1.42. The Hall–Kier alpha value is -2.22. The summed E-state index contributed by atoms with van der Waals surface area (Å²) >= 11 is 0. The van der Waals surface area contributed by atoms with E-state index in [-0.39, 0.29) is 0 Å². The van der Waals surface area contributed by atoms with Crippen molar-refractivity contribution in [2.45, 2.75) is 0 Å². The zero-order chi connectivity index (χ0) is 12.5. The molecule has 0 bridgehead atoms. The molecule has 0 saturated heterocycles. The molecule has 0 spiro atoms. The topological polar surface area (TPSA) is 24.1 Å². The Labute approximate surface area is 107 Å². The first-order valence-electron chi connectivity index (χ1n) is 6.15. The number of benzene rings is 3. The SMILES string of the molecule is CNc1c(NC)c2ccccc2c2ccccc12. The Morgan fingerprint density at radius 1 is 0.556 bits per heavy atom. The molecule has 3 aromatic rings. The van der Waals surface area contributed by atoms with Crippen LogP contribution in [0, 0.1) is 0 Å². The Morgan fingerprint density at radius 3 is 1.22 bits per heavy atom. The van der Waals surface area contributed by atoms with Crippen molar-refractivity contribution in [3.8, 4) is 0 Å². The van der Waals surface area contributed by atoms with Crippen LogP contribution in [0.1, 0.15) is 0 Å². The first kappa shape index (κ1) is 10.9. The Kier molecular flexibility index (Phi) is 2.56. The summed E-state index contributed by atoms with van der Waals surface area (Å²) in [6.45, 7) is 0. The fourth-order valence-corrected chi connectivity index (χ4v) is 2.66. The molecule has 3 rings (SSSR count). The number of rotatable bonds is 2. The molecular formula is C16H16N2. The van der Waals surface area contributed by atoms with E-state index in [0.717, 1.165) is 11.4 Å². The van der Waals surface area contributed by atoms with E-state index in [4.69, 9.17) is 0 Å². The molecule has 3 aromatic carbocycles. The molecule has 0 aliphatic carbocycles. The van der Waals surface area contributed by atoms with Crippen molar-refractivity contribution in [2.24, 2.45) is 0 Å². The van der Waals surface area contributed by atoms with Crippen LogP contribution in [0.25, 0.3) is 21.5 Å². The lowest BCUT2D eigenvalue weighted by atomic mass is 9.98. The van der Waals surface area contributed by atoms with Crippen molar-refractivity contribution in [1.29, 1.82) is 0 Å². The van der Waals surface area contributed by atoms with Gasteiger partial charge in [-0.2, -0.15) is 0 Å². The van der Waals surface area contributed by atoms with E-state index in [1.54, 1.807) is 0 Å². The van der Waals surface area contributed by atoms with Gasteiger partial charge in [0.2, 0.25) is 0 Å². The predicted molar refractivity (Wildman–Crippen MR) is 80.5 cm³/mol. The molecule has 90 valence electrons. The molecule has 0 aliphatic rings. The lowest BCUT2D eigenvalue weighted by molar-refractivity contribution is 1.49. The fraction of sp³-hybridized carbons (Fsp3) is 0.125.